The van der Waals surface area contributed by atoms with E-state index in [0.717, 1.165) is 53.8 Å². The monoisotopic (exact) mass is 409 g/mol. The molecule has 1 amide bonds. The molecular weight excluding hydrogens is 386 g/mol. The zero-order chi connectivity index (χ0) is 18.9. The van der Waals surface area contributed by atoms with Crippen molar-refractivity contribution < 1.29 is 4.79 Å². The first-order chi connectivity index (χ1) is 13.8. The molecule has 7 heteroatoms. The summed E-state index contributed by atoms with van der Waals surface area (Å²) in [6, 6.07) is 12.7. The number of aromatic nitrogens is 3. The van der Waals surface area contributed by atoms with Gasteiger partial charge in [0.15, 0.2) is 5.69 Å². The van der Waals surface area contributed by atoms with Gasteiger partial charge in [0.1, 0.15) is 0 Å². The normalized spacial score (nSPS) is 15.3. The highest BCUT2D eigenvalue weighted by Crippen LogP contribution is 2.31. The van der Waals surface area contributed by atoms with Crippen LogP contribution in [0.15, 0.2) is 48.8 Å². The molecule has 1 aliphatic heterocycles. The molecule has 6 nitrogen and oxygen atoms in total. The van der Waals surface area contributed by atoms with E-state index in [0.29, 0.717) is 24.8 Å². The predicted octanol–water partition coefficient (Wildman–Crippen LogP) is 3.34. The van der Waals surface area contributed by atoms with E-state index in [9.17, 15) is 4.79 Å². The van der Waals surface area contributed by atoms with Crippen LogP contribution >= 0.6 is 12.4 Å². The average Bonchev–Trinajstić information content (AvgIpc) is 3.50. The van der Waals surface area contributed by atoms with E-state index in [-0.39, 0.29) is 18.3 Å². The SMILES string of the molecule is Cl.O=C(c1n[nH]c2c1CNCC2)N(Cc1cccc(-c2cccnc2)c1)C1CC1. The van der Waals surface area contributed by atoms with Crippen LogP contribution in [0.5, 0.6) is 0 Å². The van der Waals surface area contributed by atoms with Crippen LogP contribution in [0.25, 0.3) is 11.1 Å². The van der Waals surface area contributed by atoms with Crippen molar-refractivity contribution in [3.05, 3.63) is 71.3 Å². The average molecular weight is 410 g/mol. The van der Waals surface area contributed by atoms with Crippen LogP contribution < -0.4 is 5.32 Å². The highest BCUT2D eigenvalue weighted by Gasteiger charge is 2.35. The maximum atomic E-state index is 13.3. The minimum atomic E-state index is 0. The largest absolute Gasteiger partial charge is 0.330 e. The van der Waals surface area contributed by atoms with Crippen molar-refractivity contribution in [1.29, 1.82) is 0 Å². The molecule has 1 aliphatic carbocycles. The van der Waals surface area contributed by atoms with Crippen molar-refractivity contribution in [1.82, 2.24) is 25.4 Å². The summed E-state index contributed by atoms with van der Waals surface area (Å²) in [6.45, 7) is 2.24. The Kier molecular flexibility index (Phi) is 5.65. The summed E-state index contributed by atoms with van der Waals surface area (Å²) in [5.41, 5.74) is 6.04. The molecule has 1 aromatic carbocycles. The second kappa shape index (κ2) is 8.35. The molecule has 0 radical (unpaired) electrons. The number of fused-ring (bicyclic) bond motifs is 1. The highest BCUT2D eigenvalue weighted by atomic mass is 35.5. The first kappa shape index (κ1) is 19.6. The van der Waals surface area contributed by atoms with Crippen LogP contribution in [0, 0.1) is 0 Å². The minimum absolute atomic E-state index is 0. The summed E-state index contributed by atoms with van der Waals surface area (Å²) >= 11 is 0. The first-order valence-electron chi connectivity index (χ1n) is 9.87. The van der Waals surface area contributed by atoms with E-state index < -0.39 is 0 Å². The van der Waals surface area contributed by atoms with Gasteiger partial charge in [-0.15, -0.1) is 12.4 Å². The number of hydrogen-bond donors (Lipinski definition) is 2. The fraction of sp³-hybridized carbons (Fsp3) is 0.318. The van der Waals surface area contributed by atoms with Gasteiger partial charge in [-0.25, -0.2) is 0 Å². The predicted molar refractivity (Wildman–Crippen MR) is 114 cm³/mol. The molecule has 2 N–H and O–H groups in total. The van der Waals surface area contributed by atoms with Gasteiger partial charge in [-0.1, -0.05) is 24.3 Å². The van der Waals surface area contributed by atoms with Crippen LogP contribution in [0.1, 0.15) is 40.2 Å². The fourth-order valence-electron chi connectivity index (χ4n) is 3.87. The second-order valence-corrected chi connectivity index (χ2v) is 7.56. The maximum absolute atomic E-state index is 13.3. The van der Waals surface area contributed by atoms with Crippen molar-refractivity contribution in [2.75, 3.05) is 6.54 Å². The Hall–Kier alpha value is -2.70. The van der Waals surface area contributed by atoms with Gasteiger partial charge in [-0.2, -0.15) is 5.10 Å². The molecule has 150 valence electrons. The number of aromatic amines is 1. The lowest BCUT2D eigenvalue weighted by Gasteiger charge is -2.23. The number of nitrogens with zero attached hydrogens (tertiary/aromatic N) is 3. The number of benzene rings is 1. The third-order valence-electron chi connectivity index (χ3n) is 5.53. The Labute approximate surface area is 176 Å². The van der Waals surface area contributed by atoms with Crippen LogP contribution in [0.3, 0.4) is 0 Å². The number of carbonyl (C=O) groups is 1. The van der Waals surface area contributed by atoms with Crippen LogP contribution in [-0.4, -0.2) is 38.6 Å². The van der Waals surface area contributed by atoms with Gasteiger partial charge >= 0.3 is 0 Å². The Morgan fingerprint density at radius 2 is 2.03 bits per heavy atom. The number of pyridine rings is 1. The molecule has 1 saturated carbocycles. The third kappa shape index (κ3) is 4.04. The maximum Gasteiger partial charge on any atom is 0.275 e. The summed E-state index contributed by atoms with van der Waals surface area (Å²) in [7, 11) is 0. The van der Waals surface area contributed by atoms with Crippen molar-refractivity contribution in [2.24, 2.45) is 0 Å². The molecule has 0 unspecified atom stereocenters. The number of amides is 1. The molecule has 0 atom stereocenters. The Morgan fingerprint density at radius 1 is 1.17 bits per heavy atom. The van der Waals surface area contributed by atoms with Crippen molar-refractivity contribution in [2.45, 2.75) is 38.4 Å². The Bertz CT molecular complexity index is 999. The number of H-pyrrole nitrogens is 1. The molecular formula is C22H24ClN5O. The molecule has 29 heavy (non-hydrogen) atoms. The van der Waals surface area contributed by atoms with Crippen molar-refractivity contribution in [3.63, 3.8) is 0 Å². The van der Waals surface area contributed by atoms with Crippen molar-refractivity contribution in [3.8, 4) is 11.1 Å². The summed E-state index contributed by atoms with van der Waals surface area (Å²) in [4.78, 5) is 19.5. The molecule has 2 aliphatic rings. The summed E-state index contributed by atoms with van der Waals surface area (Å²) in [6.07, 6.45) is 6.68. The van der Waals surface area contributed by atoms with Gasteiger partial charge in [0.25, 0.3) is 5.91 Å². The van der Waals surface area contributed by atoms with E-state index in [2.05, 4.69) is 44.8 Å². The Morgan fingerprint density at radius 3 is 2.83 bits per heavy atom. The van der Waals surface area contributed by atoms with Crippen molar-refractivity contribution >= 4 is 18.3 Å². The lowest BCUT2D eigenvalue weighted by Crippen LogP contribution is -2.34. The van der Waals surface area contributed by atoms with Gasteiger partial charge in [0.05, 0.1) is 0 Å². The smallest absolute Gasteiger partial charge is 0.275 e. The lowest BCUT2D eigenvalue weighted by molar-refractivity contribution is 0.0722. The summed E-state index contributed by atoms with van der Waals surface area (Å²) in [5, 5.41) is 10.8. The molecule has 5 rings (SSSR count). The topological polar surface area (TPSA) is 73.9 Å². The van der Waals surface area contributed by atoms with E-state index in [1.54, 1.807) is 6.20 Å². The molecule has 0 bridgehead atoms. The molecule has 3 aromatic rings. The van der Waals surface area contributed by atoms with Crippen LogP contribution in [-0.2, 0) is 19.5 Å². The Balaban J connectivity index is 0.00000205. The van der Waals surface area contributed by atoms with Gasteiger partial charge in [0, 0.05) is 55.7 Å². The summed E-state index contributed by atoms with van der Waals surface area (Å²) in [5.74, 6) is 0.0375. The van der Waals surface area contributed by atoms with Crippen LogP contribution in [0.4, 0.5) is 0 Å². The fourth-order valence-corrected chi connectivity index (χ4v) is 3.87. The quantitative estimate of drug-likeness (QED) is 0.677. The van der Waals surface area contributed by atoms with Gasteiger partial charge in [-0.3, -0.25) is 14.9 Å². The van der Waals surface area contributed by atoms with Crippen LogP contribution in [0.2, 0.25) is 0 Å². The number of halogens is 1. The van der Waals surface area contributed by atoms with E-state index in [1.807, 2.05) is 23.2 Å². The molecule has 1 fully saturated rings. The zero-order valence-electron chi connectivity index (χ0n) is 16.1. The molecule has 3 heterocycles. The number of carbonyl (C=O) groups excluding carboxylic acids is 1. The number of rotatable bonds is 5. The standard InChI is InChI=1S/C22H23N5O.ClH/c28-22(21-19-13-24-10-8-20(19)25-26-21)27(18-6-7-18)14-15-3-1-4-16(11-15)17-5-2-9-23-12-17;/h1-5,9,11-12,18,24H,6-8,10,13-14H2,(H,25,26);1H. The molecule has 2 aromatic heterocycles. The highest BCUT2D eigenvalue weighted by molar-refractivity contribution is 5.94. The third-order valence-corrected chi connectivity index (χ3v) is 5.53. The van der Waals surface area contributed by atoms with E-state index in [4.69, 9.17) is 0 Å². The number of nitrogens with one attached hydrogen (secondary N) is 2. The first-order valence-corrected chi connectivity index (χ1v) is 9.87. The van der Waals surface area contributed by atoms with E-state index in [1.165, 1.54) is 0 Å². The second-order valence-electron chi connectivity index (χ2n) is 7.56. The zero-order valence-corrected chi connectivity index (χ0v) is 16.9. The van der Waals surface area contributed by atoms with Gasteiger partial charge in [-0.05, 0) is 41.7 Å². The number of hydrogen-bond acceptors (Lipinski definition) is 4. The lowest BCUT2D eigenvalue weighted by atomic mass is 10.0. The summed E-state index contributed by atoms with van der Waals surface area (Å²) < 4.78 is 0. The molecule has 0 spiro atoms. The molecule has 0 saturated heterocycles. The van der Waals surface area contributed by atoms with E-state index >= 15 is 0 Å². The van der Waals surface area contributed by atoms with Gasteiger partial charge < -0.3 is 10.2 Å². The van der Waals surface area contributed by atoms with Gasteiger partial charge in [0.2, 0.25) is 0 Å². The minimum Gasteiger partial charge on any atom is -0.330 e.